The molecule has 2 aliphatic rings. The Morgan fingerprint density at radius 1 is 1.21 bits per heavy atom. The molecular weight excluding hydrogens is 372 g/mol. The first kappa shape index (κ1) is 21.1. The van der Waals surface area contributed by atoms with Gasteiger partial charge >= 0.3 is 12.1 Å². The number of carboxylic acids is 1. The molecule has 1 saturated carbocycles. The summed E-state index contributed by atoms with van der Waals surface area (Å²) in [6.07, 6.45) is 3.12. The lowest BCUT2D eigenvalue weighted by Crippen LogP contribution is -2.48. The van der Waals surface area contributed by atoms with Gasteiger partial charge in [-0.15, -0.1) is 0 Å². The molecule has 1 heterocycles. The van der Waals surface area contributed by atoms with Gasteiger partial charge in [-0.3, -0.25) is 9.69 Å². The van der Waals surface area contributed by atoms with Gasteiger partial charge in [0.15, 0.2) is 0 Å². The van der Waals surface area contributed by atoms with E-state index in [0.29, 0.717) is 13.1 Å². The summed E-state index contributed by atoms with van der Waals surface area (Å²) < 4.78 is 5.48. The fraction of sp³-hybridized carbons (Fsp3) is 0.591. The molecule has 1 N–H and O–H groups in total. The number of amides is 2. The first-order valence-corrected chi connectivity index (χ1v) is 10.2. The van der Waals surface area contributed by atoms with Gasteiger partial charge in [-0.1, -0.05) is 12.1 Å². The molecule has 0 aromatic heterocycles. The molecule has 1 aromatic carbocycles. The predicted molar refractivity (Wildman–Crippen MR) is 108 cm³/mol. The zero-order valence-corrected chi connectivity index (χ0v) is 17.4. The van der Waals surface area contributed by atoms with Crippen LogP contribution >= 0.6 is 0 Å². The van der Waals surface area contributed by atoms with Crippen molar-refractivity contribution in [1.82, 2.24) is 9.80 Å². The summed E-state index contributed by atoms with van der Waals surface area (Å²) in [6.45, 7) is 6.67. The second-order valence-corrected chi connectivity index (χ2v) is 8.95. The van der Waals surface area contributed by atoms with Crippen LogP contribution in [0, 0.1) is 0 Å². The molecule has 1 atom stereocenters. The molecule has 158 valence electrons. The molecule has 1 unspecified atom stereocenters. The second kappa shape index (κ2) is 8.43. The quantitative estimate of drug-likeness (QED) is 0.815. The van der Waals surface area contributed by atoms with Crippen LogP contribution in [0.15, 0.2) is 24.3 Å². The van der Waals surface area contributed by atoms with Gasteiger partial charge in [0.25, 0.3) is 0 Å². The van der Waals surface area contributed by atoms with E-state index in [9.17, 15) is 19.5 Å². The van der Waals surface area contributed by atoms with Crippen LogP contribution in [0.2, 0.25) is 0 Å². The van der Waals surface area contributed by atoms with Crippen molar-refractivity contribution in [3.63, 3.8) is 0 Å². The molecule has 7 nitrogen and oxygen atoms in total. The van der Waals surface area contributed by atoms with Crippen LogP contribution in [0.25, 0.3) is 0 Å². The van der Waals surface area contributed by atoms with E-state index in [1.807, 2.05) is 26.8 Å². The van der Waals surface area contributed by atoms with Gasteiger partial charge in [-0.05, 0) is 64.2 Å². The summed E-state index contributed by atoms with van der Waals surface area (Å²) in [5.74, 6) is -0.933. The minimum atomic E-state index is -0.951. The number of benzene rings is 1. The Labute approximate surface area is 171 Å². The lowest BCUT2D eigenvalue weighted by atomic mass is 9.89. The number of ether oxygens (including phenoxy) is 1. The number of hydrogen-bond donors (Lipinski definition) is 1. The van der Waals surface area contributed by atoms with Gasteiger partial charge in [0.1, 0.15) is 12.1 Å². The van der Waals surface area contributed by atoms with Crippen LogP contribution in [0.5, 0.6) is 0 Å². The molecule has 1 aliphatic heterocycles. The molecule has 1 aliphatic carbocycles. The third kappa shape index (κ3) is 5.71. The molecule has 3 rings (SSSR count). The van der Waals surface area contributed by atoms with Gasteiger partial charge in [0.2, 0.25) is 5.91 Å². The van der Waals surface area contributed by atoms with E-state index in [1.165, 1.54) is 0 Å². The molecule has 29 heavy (non-hydrogen) atoms. The van der Waals surface area contributed by atoms with Crippen molar-refractivity contribution in [1.29, 1.82) is 0 Å². The molecule has 1 saturated heterocycles. The maximum atomic E-state index is 12.9. The van der Waals surface area contributed by atoms with Gasteiger partial charge in [0, 0.05) is 25.0 Å². The summed E-state index contributed by atoms with van der Waals surface area (Å²) in [5, 5.41) is 9.22. The molecular formula is C22H30N2O5. The highest BCUT2D eigenvalue weighted by Crippen LogP contribution is 2.30. The molecule has 0 radical (unpaired) electrons. The summed E-state index contributed by atoms with van der Waals surface area (Å²) >= 11 is 0. The number of carbonyl (C=O) groups is 3. The van der Waals surface area contributed by atoms with Crippen LogP contribution < -0.4 is 0 Å². The second-order valence-electron chi connectivity index (χ2n) is 8.95. The number of likely N-dealkylation sites (tertiary alicyclic amines) is 1. The normalized spacial score (nSPS) is 19.6. The highest BCUT2D eigenvalue weighted by Gasteiger charge is 2.37. The Morgan fingerprint density at radius 2 is 1.93 bits per heavy atom. The Balaban J connectivity index is 1.65. The maximum absolute atomic E-state index is 12.9. The molecule has 7 heteroatoms. The molecule has 2 fully saturated rings. The van der Waals surface area contributed by atoms with Crippen molar-refractivity contribution in [2.75, 3.05) is 19.6 Å². The van der Waals surface area contributed by atoms with Gasteiger partial charge in [0.05, 0.1) is 5.56 Å². The fourth-order valence-corrected chi connectivity index (χ4v) is 3.70. The lowest BCUT2D eigenvalue weighted by molar-refractivity contribution is -0.133. The minimum absolute atomic E-state index is 0.0292. The number of piperidine rings is 1. The van der Waals surface area contributed by atoms with E-state index >= 15 is 0 Å². The van der Waals surface area contributed by atoms with E-state index in [-0.39, 0.29) is 30.0 Å². The highest BCUT2D eigenvalue weighted by atomic mass is 16.6. The van der Waals surface area contributed by atoms with Crippen LogP contribution in [0.1, 0.15) is 68.3 Å². The first-order chi connectivity index (χ1) is 13.6. The van der Waals surface area contributed by atoms with E-state index in [0.717, 1.165) is 31.2 Å². The van der Waals surface area contributed by atoms with E-state index in [4.69, 9.17) is 4.74 Å². The van der Waals surface area contributed by atoms with E-state index in [2.05, 4.69) is 0 Å². The predicted octanol–water partition coefficient (Wildman–Crippen LogP) is 3.49. The van der Waals surface area contributed by atoms with Crippen LogP contribution in [0.4, 0.5) is 4.79 Å². The SMILES string of the molecule is CC(C)(C)OC(=O)N(CC(=O)N1CCCC(c2cccc(C(=O)O)c2)C1)C1CC1. The lowest BCUT2D eigenvalue weighted by Gasteiger charge is -2.35. The Hall–Kier alpha value is -2.57. The third-order valence-electron chi connectivity index (χ3n) is 5.30. The molecule has 1 aromatic rings. The molecule has 0 spiro atoms. The third-order valence-corrected chi connectivity index (χ3v) is 5.30. The van der Waals surface area contributed by atoms with Gasteiger partial charge in [-0.2, -0.15) is 0 Å². The number of rotatable bonds is 5. The molecule has 0 bridgehead atoms. The average molecular weight is 402 g/mol. The number of aromatic carboxylic acids is 1. The van der Waals surface area contributed by atoms with Crippen LogP contribution in [-0.2, 0) is 9.53 Å². The number of nitrogens with zero attached hydrogens (tertiary/aromatic N) is 2. The topological polar surface area (TPSA) is 87.2 Å². The van der Waals surface area contributed by atoms with E-state index in [1.54, 1.807) is 28.0 Å². The zero-order chi connectivity index (χ0) is 21.2. The van der Waals surface area contributed by atoms with Crippen molar-refractivity contribution in [2.24, 2.45) is 0 Å². The standard InChI is InChI=1S/C22H30N2O5/c1-22(2,3)29-21(28)24(18-9-10-18)14-19(25)23-11-5-8-17(13-23)15-6-4-7-16(12-15)20(26)27/h4,6-7,12,17-18H,5,8-11,13-14H2,1-3H3,(H,26,27). The summed E-state index contributed by atoms with van der Waals surface area (Å²) in [4.78, 5) is 40.1. The zero-order valence-electron chi connectivity index (χ0n) is 17.4. The largest absolute Gasteiger partial charge is 0.478 e. The average Bonchev–Trinajstić information content (AvgIpc) is 3.49. The Bertz CT molecular complexity index is 782. The van der Waals surface area contributed by atoms with Crippen molar-refractivity contribution in [3.8, 4) is 0 Å². The maximum Gasteiger partial charge on any atom is 0.411 e. The number of carboxylic acid groups (broad SMARTS) is 1. The Morgan fingerprint density at radius 3 is 2.55 bits per heavy atom. The van der Waals surface area contributed by atoms with Crippen molar-refractivity contribution in [3.05, 3.63) is 35.4 Å². The van der Waals surface area contributed by atoms with Crippen molar-refractivity contribution >= 4 is 18.0 Å². The smallest absolute Gasteiger partial charge is 0.411 e. The van der Waals surface area contributed by atoms with Crippen molar-refractivity contribution in [2.45, 2.75) is 64.0 Å². The fourth-order valence-electron chi connectivity index (χ4n) is 3.70. The molecule has 2 amide bonds. The highest BCUT2D eigenvalue weighted by molar-refractivity contribution is 5.87. The summed E-state index contributed by atoms with van der Waals surface area (Å²) in [6, 6.07) is 7.02. The minimum Gasteiger partial charge on any atom is -0.478 e. The van der Waals surface area contributed by atoms with Crippen LogP contribution in [0.3, 0.4) is 0 Å². The van der Waals surface area contributed by atoms with E-state index < -0.39 is 17.7 Å². The van der Waals surface area contributed by atoms with Gasteiger partial charge < -0.3 is 14.7 Å². The van der Waals surface area contributed by atoms with Gasteiger partial charge in [-0.25, -0.2) is 9.59 Å². The Kier molecular flexibility index (Phi) is 6.15. The van der Waals surface area contributed by atoms with Crippen LogP contribution in [-0.4, -0.2) is 64.2 Å². The number of carbonyl (C=O) groups excluding carboxylic acids is 2. The first-order valence-electron chi connectivity index (χ1n) is 10.2. The number of hydrogen-bond acceptors (Lipinski definition) is 4. The summed E-state index contributed by atoms with van der Waals surface area (Å²) in [5.41, 5.74) is 0.600. The monoisotopic (exact) mass is 402 g/mol. The summed E-state index contributed by atoms with van der Waals surface area (Å²) in [7, 11) is 0. The van der Waals surface area contributed by atoms with Crippen molar-refractivity contribution < 1.29 is 24.2 Å².